The number of hydrogen-bond acceptors (Lipinski definition) is 5. The van der Waals surface area contributed by atoms with Crippen molar-refractivity contribution in [1.29, 1.82) is 0 Å². The molecule has 0 saturated carbocycles. The lowest BCUT2D eigenvalue weighted by Crippen LogP contribution is -2.48. The van der Waals surface area contributed by atoms with Crippen LogP contribution >= 0.6 is 11.3 Å². The van der Waals surface area contributed by atoms with Crippen LogP contribution in [0.15, 0.2) is 60.7 Å². The van der Waals surface area contributed by atoms with Crippen LogP contribution in [0.3, 0.4) is 0 Å². The van der Waals surface area contributed by atoms with Gasteiger partial charge in [-0.15, -0.1) is 11.3 Å². The van der Waals surface area contributed by atoms with Crippen LogP contribution in [0.1, 0.15) is 15.4 Å². The number of thiophene rings is 1. The van der Waals surface area contributed by atoms with Crippen LogP contribution in [0.5, 0.6) is 5.75 Å². The molecule has 6 nitrogen and oxygen atoms in total. The van der Waals surface area contributed by atoms with E-state index in [4.69, 9.17) is 0 Å². The fourth-order valence-corrected chi connectivity index (χ4v) is 5.09. The highest BCUT2D eigenvalue weighted by molar-refractivity contribution is 7.20. The quantitative estimate of drug-likeness (QED) is 0.545. The largest absolute Gasteiger partial charge is 0.506 e. The zero-order valence-electron chi connectivity index (χ0n) is 16.7. The van der Waals surface area contributed by atoms with Crippen LogP contribution in [0.25, 0.3) is 15.9 Å². The van der Waals surface area contributed by atoms with Gasteiger partial charge in [-0.2, -0.15) is 5.10 Å². The van der Waals surface area contributed by atoms with Gasteiger partial charge in [-0.05, 0) is 37.3 Å². The predicted molar refractivity (Wildman–Crippen MR) is 120 cm³/mol. The molecule has 3 heterocycles. The standard InChI is InChI=1S/C23H22N4O2S/c1-16-18-15-21(30-23(18)27(24-16)17-7-3-2-4-8-17)22(29)26-13-11-25(12-14-26)19-9-5-6-10-20(19)28/h2-10,15,28H,11-14H2,1H3. The number of amides is 1. The molecule has 5 rings (SSSR count). The Bertz CT molecular complexity index is 1210. The summed E-state index contributed by atoms with van der Waals surface area (Å²) < 4.78 is 1.92. The number of para-hydroxylation sites is 3. The van der Waals surface area contributed by atoms with Gasteiger partial charge in [-0.3, -0.25) is 4.79 Å². The first-order chi connectivity index (χ1) is 14.6. The van der Waals surface area contributed by atoms with Crippen molar-refractivity contribution >= 4 is 33.1 Å². The maximum atomic E-state index is 13.2. The third-order valence-electron chi connectivity index (χ3n) is 5.55. The lowest BCUT2D eigenvalue weighted by molar-refractivity contribution is 0.0751. The molecule has 1 aliphatic rings. The van der Waals surface area contributed by atoms with Crippen LogP contribution in [0.4, 0.5) is 5.69 Å². The van der Waals surface area contributed by atoms with Gasteiger partial charge in [0.15, 0.2) is 0 Å². The summed E-state index contributed by atoms with van der Waals surface area (Å²) >= 11 is 1.50. The van der Waals surface area contributed by atoms with Crippen LogP contribution in [-0.4, -0.2) is 51.9 Å². The molecule has 0 atom stereocenters. The van der Waals surface area contributed by atoms with Crippen LogP contribution in [0, 0.1) is 6.92 Å². The second-order valence-electron chi connectivity index (χ2n) is 7.43. The van der Waals surface area contributed by atoms with Gasteiger partial charge in [0.1, 0.15) is 10.6 Å². The number of phenols is 1. The topological polar surface area (TPSA) is 61.6 Å². The second-order valence-corrected chi connectivity index (χ2v) is 8.46. The van der Waals surface area contributed by atoms with Gasteiger partial charge in [0, 0.05) is 31.6 Å². The van der Waals surface area contributed by atoms with Gasteiger partial charge >= 0.3 is 0 Å². The Labute approximate surface area is 178 Å². The number of carbonyl (C=O) groups is 1. The summed E-state index contributed by atoms with van der Waals surface area (Å²) in [6.07, 6.45) is 0. The van der Waals surface area contributed by atoms with Crippen LogP contribution in [0.2, 0.25) is 0 Å². The summed E-state index contributed by atoms with van der Waals surface area (Å²) in [5.41, 5.74) is 2.74. The first-order valence-electron chi connectivity index (χ1n) is 9.98. The van der Waals surface area contributed by atoms with E-state index in [9.17, 15) is 9.90 Å². The molecule has 2 aromatic heterocycles. The van der Waals surface area contributed by atoms with Crippen molar-refractivity contribution in [3.63, 3.8) is 0 Å². The molecule has 0 aliphatic carbocycles. The van der Waals surface area contributed by atoms with Gasteiger partial charge < -0.3 is 14.9 Å². The third kappa shape index (κ3) is 3.21. The molecule has 1 fully saturated rings. The smallest absolute Gasteiger partial charge is 0.264 e. The molecule has 7 heteroatoms. The lowest BCUT2D eigenvalue weighted by Gasteiger charge is -2.36. The van der Waals surface area contributed by atoms with E-state index in [2.05, 4.69) is 10.00 Å². The molecule has 1 N–H and O–H groups in total. The van der Waals surface area contributed by atoms with Crippen molar-refractivity contribution < 1.29 is 9.90 Å². The molecule has 152 valence electrons. The number of aryl methyl sites for hydroxylation is 1. The Hall–Kier alpha value is -3.32. The SMILES string of the molecule is Cc1nn(-c2ccccc2)c2sc(C(=O)N3CCN(c4ccccc4O)CC3)cc12. The first-order valence-corrected chi connectivity index (χ1v) is 10.8. The van der Waals surface area contributed by atoms with Gasteiger partial charge in [0.25, 0.3) is 5.91 Å². The zero-order chi connectivity index (χ0) is 20.7. The van der Waals surface area contributed by atoms with Gasteiger partial charge in [0.2, 0.25) is 0 Å². The monoisotopic (exact) mass is 418 g/mol. The van der Waals surface area contributed by atoms with E-state index in [1.165, 1.54) is 11.3 Å². The molecular formula is C23H22N4O2S. The van der Waals surface area contributed by atoms with E-state index in [1.807, 2.05) is 71.1 Å². The number of benzene rings is 2. The molecule has 0 spiro atoms. The van der Waals surface area contributed by atoms with E-state index < -0.39 is 0 Å². The fraction of sp³-hybridized carbons (Fsp3) is 0.217. The van der Waals surface area contributed by atoms with Crippen molar-refractivity contribution in [1.82, 2.24) is 14.7 Å². The summed E-state index contributed by atoms with van der Waals surface area (Å²) in [4.78, 5) is 18.9. The number of fused-ring (bicyclic) bond motifs is 1. The Morgan fingerprint density at radius 3 is 2.43 bits per heavy atom. The minimum atomic E-state index is 0.0622. The molecule has 4 aromatic rings. The number of rotatable bonds is 3. The summed E-state index contributed by atoms with van der Waals surface area (Å²) in [6.45, 7) is 4.64. The van der Waals surface area contributed by atoms with E-state index in [-0.39, 0.29) is 11.7 Å². The highest BCUT2D eigenvalue weighted by Crippen LogP contribution is 2.32. The normalized spacial score (nSPS) is 14.4. The van der Waals surface area contributed by atoms with Crippen LogP contribution < -0.4 is 4.90 Å². The van der Waals surface area contributed by atoms with Crippen molar-refractivity contribution in [2.24, 2.45) is 0 Å². The Balaban J connectivity index is 1.36. The lowest BCUT2D eigenvalue weighted by atomic mass is 10.2. The van der Waals surface area contributed by atoms with Crippen molar-refractivity contribution in [3.05, 3.63) is 71.2 Å². The van der Waals surface area contributed by atoms with Gasteiger partial charge in [-0.1, -0.05) is 30.3 Å². The zero-order valence-corrected chi connectivity index (χ0v) is 17.5. The number of nitrogens with zero attached hydrogens (tertiary/aromatic N) is 4. The number of phenolic OH excluding ortho intramolecular Hbond substituents is 1. The molecule has 1 saturated heterocycles. The van der Waals surface area contributed by atoms with Crippen molar-refractivity contribution in [2.45, 2.75) is 6.92 Å². The Morgan fingerprint density at radius 2 is 1.70 bits per heavy atom. The number of piperazine rings is 1. The Morgan fingerprint density at radius 1 is 1.00 bits per heavy atom. The maximum Gasteiger partial charge on any atom is 0.264 e. The van der Waals surface area contributed by atoms with Gasteiger partial charge in [0.05, 0.1) is 21.9 Å². The minimum absolute atomic E-state index is 0.0622. The highest BCUT2D eigenvalue weighted by Gasteiger charge is 2.26. The number of aromatic nitrogens is 2. The Kier molecular flexibility index (Phi) is 4.67. The van der Waals surface area contributed by atoms with E-state index in [0.29, 0.717) is 26.2 Å². The average molecular weight is 419 g/mol. The minimum Gasteiger partial charge on any atom is -0.506 e. The molecule has 0 unspecified atom stereocenters. The number of hydrogen-bond donors (Lipinski definition) is 1. The molecule has 0 bridgehead atoms. The van der Waals surface area contributed by atoms with Crippen molar-refractivity contribution in [2.75, 3.05) is 31.1 Å². The summed E-state index contributed by atoms with van der Waals surface area (Å²) in [6, 6.07) is 19.3. The number of anilines is 1. The van der Waals surface area contributed by atoms with E-state index >= 15 is 0 Å². The highest BCUT2D eigenvalue weighted by atomic mass is 32.1. The summed E-state index contributed by atoms with van der Waals surface area (Å²) in [7, 11) is 0. The molecular weight excluding hydrogens is 396 g/mol. The molecule has 1 aliphatic heterocycles. The summed E-state index contributed by atoms with van der Waals surface area (Å²) in [5, 5.41) is 15.8. The van der Waals surface area contributed by atoms with E-state index in [1.54, 1.807) is 6.07 Å². The maximum absolute atomic E-state index is 13.2. The number of carbonyl (C=O) groups excluding carboxylic acids is 1. The second kappa shape index (κ2) is 7.50. The average Bonchev–Trinajstić information content (AvgIpc) is 3.35. The van der Waals surface area contributed by atoms with Gasteiger partial charge in [-0.25, -0.2) is 4.68 Å². The summed E-state index contributed by atoms with van der Waals surface area (Å²) in [5.74, 6) is 0.342. The molecule has 2 aromatic carbocycles. The third-order valence-corrected chi connectivity index (χ3v) is 6.64. The molecule has 0 radical (unpaired) electrons. The molecule has 1 amide bonds. The fourth-order valence-electron chi connectivity index (χ4n) is 3.93. The predicted octanol–water partition coefficient (Wildman–Crippen LogP) is 4.06. The van der Waals surface area contributed by atoms with Crippen LogP contribution in [-0.2, 0) is 0 Å². The number of aromatic hydroxyl groups is 1. The first kappa shape index (κ1) is 18.7. The molecule has 30 heavy (non-hydrogen) atoms. The van der Waals surface area contributed by atoms with E-state index in [0.717, 1.165) is 32.2 Å². The van der Waals surface area contributed by atoms with Crippen molar-refractivity contribution in [3.8, 4) is 11.4 Å².